The zero-order valence-corrected chi connectivity index (χ0v) is 11.6. The Hall–Kier alpha value is -0.650. The average Bonchev–Trinajstić information content (AvgIpc) is 2.40. The molecule has 0 aromatic carbocycles. The summed E-state index contributed by atoms with van der Waals surface area (Å²) in [4.78, 5) is 18.6. The van der Waals surface area contributed by atoms with Gasteiger partial charge in [0.2, 0.25) is 5.91 Å². The van der Waals surface area contributed by atoms with E-state index in [0.29, 0.717) is 0 Å². The van der Waals surface area contributed by atoms with Crippen molar-refractivity contribution in [1.29, 1.82) is 0 Å². The summed E-state index contributed by atoms with van der Waals surface area (Å²) < 4.78 is 4.90. The van der Waals surface area contributed by atoms with E-state index in [0.717, 1.165) is 32.2 Å². The molecule has 2 saturated heterocycles. The summed E-state index contributed by atoms with van der Waals surface area (Å²) >= 11 is 0. The van der Waals surface area contributed by atoms with Gasteiger partial charge in [-0.15, -0.1) is 0 Å². The largest absolute Gasteiger partial charge is 0.375 e. The lowest BCUT2D eigenvalue weighted by atomic mass is 10.0. The van der Waals surface area contributed by atoms with Gasteiger partial charge in [0.05, 0.1) is 0 Å². The van der Waals surface area contributed by atoms with Crippen molar-refractivity contribution in [3.8, 4) is 0 Å². The Balaban J connectivity index is 1.74. The molecule has 2 aliphatic heterocycles. The van der Waals surface area contributed by atoms with Crippen molar-refractivity contribution < 1.29 is 9.53 Å². The third kappa shape index (κ3) is 3.43. The first-order valence-electron chi connectivity index (χ1n) is 6.90. The first-order valence-corrected chi connectivity index (χ1v) is 6.90. The van der Waals surface area contributed by atoms with E-state index in [1.54, 1.807) is 7.11 Å². The Morgan fingerprint density at radius 3 is 2.28 bits per heavy atom. The summed E-state index contributed by atoms with van der Waals surface area (Å²) in [7, 11) is 3.77. The molecule has 2 rings (SSSR count). The van der Waals surface area contributed by atoms with Crippen molar-refractivity contribution in [1.82, 2.24) is 14.7 Å². The molecule has 5 nitrogen and oxygen atoms in total. The van der Waals surface area contributed by atoms with Crippen LogP contribution in [-0.4, -0.2) is 86.7 Å². The first-order chi connectivity index (χ1) is 8.70. The third-order valence-electron chi connectivity index (χ3n) is 4.14. The van der Waals surface area contributed by atoms with Crippen LogP contribution >= 0.6 is 0 Å². The number of carbonyl (C=O) groups excluding carboxylic acids is 1. The van der Waals surface area contributed by atoms with Crippen LogP contribution in [0.4, 0.5) is 0 Å². The van der Waals surface area contributed by atoms with Gasteiger partial charge in [-0.05, 0) is 33.0 Å². The number of carbonyl (C=O) groups is 1. The molecule has 18 heavy (non-hydrogen) atoms. The predicted molar refractivity (Wildman–Crippen MR) is 70.5 cm³/mol. The van der Waals surface area contributed by atoms with Gasteiger partial charge in [-0.1, -0.05) is 0 Å². The van der Waals surface area contributed by atoms with E-state index in [4.69, 9.17) is 4.74 Å². The van der Waals surface area contributed by atoms with Crippen molar-refractivity contribution in [3.63, 3.8) is 0 Å². The second-order valence-corrected chi connectivity index (χ2v) is 5.38. The van der Waals surface area contributed by atoms with Crippen LogP contribution in [-0.2, 0) is 9.53 Å². The fraction of sp³-hybridized carbons (Fsp3) is 0.923. The predicted octanol–water partition coefficient (Wildman–Crippen LogP) is -0.129. The number of hydrogen-bond donors (Lipinski definition) is 0. The number of piperidine rings is 1. The van der Waals surface area contributed by atoms with Crippen LogP contribution in [0.15, 0.2) is 0 Å². The molecule has 1 amide bonds. The molecule has 0 radical (unpaired) electrons. The number of rotatable bonds is 3. The first kappa shape index (κ1) is 13.8. The van der Waals surface area contributed by atoms with Crippen LogP contribution in [0.1, 0.15) is 12.8 Å². The van der Waals surface area contributed by atoms with Crippen LogP contribution in [0.5, 0.6) is 0 Å². The molecular formula is C13H25N3O2. The highest BCUT2D eigenvalue weighted by molar-refractivity contribution is 5.77. The number of nitrogens with zero attached hydrogens (tertiary/aromatic N) is 3. The molecule has 0 aromatic rings. The Morgan fingerprint density at radius 1 is 1.11 bits per heavy atom. The Morgan fingerprint density at radius 2 is 1.72 bits per heavy atom. The van der Waals surface area contributed by atoms with E-state index >= 15 is 0 Å². The van der Waals surface area contributed by atoms with Gasteiger partial charge in [-0.2, -0.15) is 0 Å². The van der Waals surface area contributed by atoms with Gasteiger partial charge < -0.3 is 14.5 Å². The third-order valence-corrected chi connectivity index (χ3v) is 4.14. The van der Waals surface area contributed by atoms with Crippen LogP contribution in [0.25, 0.3) is 0 Å². The second kappa shape index (κ2) is 6.50. The number of piperazine rings is 1. The van der Waals surface area contributed by atoms with E-state index in [9.17, 15) is 4.79 Å². The summed E-state index contributed by atoms with van der Waals surface area (Å²) in [6, 6.07) is 0.723. The molecule has 0 aromatic heterocycles. The van der Waals surface area contributed by atoms with E-state index in [1.807, 2.05) is 4.90 Å². The highest BCUT2D eigenvalue weighted by Gasteiger charge is 2.27. The van der Waals surface area contributed by atoms with Gasteiger partial charge >= 0.3 is 0 Å². The second-order valence-electron chi connectivity index (χ2n) is 5.38. The normalized spacial score (nSPS) is 24.4. The van der Waals surface area contributed by atoms with E-state index in [-0.39, 0.29) is 12.5 Å². The van der Waals surface area contributed by atoms with E-state index in [1.165, 1.54) is 25.9 Å². The fourth-order valence-corrected chi connectivity index (χ4v) is 2.91. The van der Waals surface area contributed by atoms with Crippen LogP contribution < -0.4 is 0 Å². The topological polar surface area (TPSA) is 36.0 Å². The summed E-state index contributed by atoms with van der Waals surface area (Å²) in [5, 5.41) is 0. The van der Waals surface area contributed by atoms with Crippen molar-refractivity contribution >= 4 is 5.91 Å². The molecule has 0 aliphatic carbocycles. The Bertz CT molecular complexity index is 269. The molecule has 0 spiro atoms. The average molecular weight is 255 g/mol. The number of amides is 1. The minimum atomic E-state index is 0.125. The van der Waals surface area contributed by atoms with E-state index in [2.05, 4.69) is 16.8 Å². The Labute approximate surface area is 110 Å². The quantitative estimate of drug-likeness (QED) is 0.704. The monoisotopic (exact) mass is 255 g/mol. The minimum Gasteiger partial charge on any atom is -0.375 e. The van der Waals surface area contributed by atoms with E-state index < -0.39 is 0 Å². The number of ether oxygens (including phenoxy) is 1. The SMILES string of the molecule is COCC(=O)N1CCN(C2CCN(C)CC2)CC1. The summed E-state index contributed by atoms with van der Waals surface area (Å²) in [6.45, 7) is 6.37. The van der Waals surface area contributed by atoms with Crippen LogP contribution in [0.2, 0.25) is 0 Å². The molecule has 2 fully saturated rings. The maximum absolute atomic E-state index is 11.7. The van der Waals surface area contributed by atoms with Crippen LogP contribution in [0, 0.1) is 0 Å². The van der Waals surface area contributed by atoms with Crippen molar-refractivity contribution in [2.75, 3.05) is 60.0 Å². The van der Waals surface area contributed by atoms with Crippen molar-refractivity contribution in [2.24, 2.45) is 0 Å². The zero-order valence-electron chi connectivity index (χ0n) is 11.6. The van der Waals surface area contributed by atoms with Crippen LogP contribution in [0.3, 0.4) is 0 Å². The lowest BCUT2D eigenvalue weighted by Crippen LogP contribution is -2.54. The van der Waals surface area contributed by atoms with Gasteiger partial charge in [0.15, 0.2) is 0 Å². The standard InChI is InChI=1S/C13H25N3O2/c1-14-5-3-12(4-6-14)15-7-9-16(10-8-15)13(17)11-18-2/h12H,3-11H2,1-2H3. The molecule has 5 heteroatoms. The summed E-state index contributed by atoms with van der Waals surface area (Å²) in [5.41, 5.74) is 0. The Kier molecular flexibility index (Phi) is 4.97. The molecule has 0 unspecified atom stereocenters. The number of likely N-dealkylation sites (tertiary alicyclic amines) is 1. The molecule has 2 aliphatic rings. The smallest absolute Gasteiger partial charge is 0.248 e. The molecule has 0 bridgehead atoms. The number of hydrogen-bond acceptors (Lipinski definition) is 4. The molecular weight excluding hydrogens is 230 g/mol. The molecule has 2 heterocycles. The minimum absolute atomic E-state index is 0.125. The fourth-order valence-electron chi connectivity index (χ4n) is 2.91. The maximum Gasteiger partial charge on any atom is 0.248 e. The molecule has 0 N–H and O–H groups in total. The highest BCUT2D eigenvalue weighted by atomic mass is 16.5. The van der Waals surface area contributed by atoms with Gasteiger partial charge in [0.1, 0.15) is 6.61 Å². The summed E-state index contributed by atoms with van der Waals surface area (Å²) in [6.07, 6.45) is 2.53. The van der Waals surface area contributed by atoms with Gasteiger partial charge in [-0.25, -0.2) is 0 Å². The van der Waals surface area contributed by atoms with Gasteiger partial charge in [-0.3, -0.25) is 9.69 Å². The zero-order chi connectivity index (χ0) is 13.0. The maximum atomic E-state index is 11.7. The van der Waals surface area contributed by atoms with Gasteiger partial charge in [0.25, 0.3) is 0 Å². The van der Waals surface area contributed by atoms with Crippen molar-refractivity contribution in [2.45, 2.75) is 18.9 Å². The molecule has 0 saturated carbocycles. The lowest BCUT2D eigenvalue weighted by Gasteiger charge is -2.42. The molecule has 104 valence electrons. The molecule has 0 atom stereocenters. The van der Waals surface area contributed by atoms with Crippen molar-refractivity contribution in [3.05, 3.63) is 0 Å². The highest BCUT2D eigenvalue weighted by Crippen LogP contribution is 2.17. The summed E-state index contributed by atoms with van der Waals surface area (Å²) in [5.74, 6) is 0.125. The number of methoxy groups -OCH3 is 1. The van der Waals surface area contributed by atoms with Gasteiger partial charge in [0, 0.05) is 39.3 Å². The lowest BCUT2D eigenvalue weighted by molar-refractivity contribution is -0.137.